The lowest BCUT2D eigenvalue weighted by Gasteiger charge is -2.48. The third-order valence-electron chi connectivity index (χ3n) is 13.8. The highest BCUT2D eigenvalue weighted by atomic mass is 19.4. The molecule has 18 heteroatoms. The third kappa shape index (κ3) is 15.9. The molecule has 5 aromatic carbocycles. The number of halogens is 5. The molecule has 1 aliphatic heterocycles. The van der Waals surface area contributed by atoms with Crippen LogP contribution in [0.3, 0.4) is 0 Å². The predicted octanol–water partition coefficient (Wildman–Crippen LogP) is 11.8. The molecule has 1 saturated heterocycles. The van der Waals surface area contributed by atoms with Crippen molar-refractivity contribution in [2.24, 2.45) is 5.92 Å². The Bertz CT molecular complexity index is 3100. The summed E-state index contributed by atoms with van der Waals surface area (Å²) in [5.41, 5.74) is 13.0. The lowest BCUT2D eigenvalue weighted by atomic mass is 9.74. The molecule has 412 valence electrons. The van der Waals surface area contributed by atoms with Gasteiger partial charge in [-0.25, -0.2) is 18.6 Å². The topological polar surface area (TPSA) is 208 Å². The standard InChI is InChI=1S/C59H60F2N6O5.C2HF3O2/c60-43-28-26-40(27-29-43)51(68)35-34-48-56(67(59(48)72)45-32-30-44(61)31-33-45)41-24-22-39(23-25-41)38-65-52(69)20-7-2-1-3-8-21-53(70)66-49-18-10-9-16-46(49)54(47-17-13-37-64-58(47)62)55(50-19-11-12-36-63-50)57(71)42-14-5-4-6-15-42;3-2(4,5)1(6)7/h4-6,9-19,22-33,36-37,48,51,54-57,68,71H,1-3,7-8,20-21,34-35,38H2,(H2,62,64)(H,65,69)(H,66,70);(H,6,7). The van der Waals surface area contributed by atoms with Crippen molar-refractivity contribution in [1.29, 1.82) is 0 Å². The van der Waals surface area contributed by atoms with E-state index < -0.39 is 53.7 Å². The minimum atomic E-state index is -5.08. The number of anilines is 3. The second-order valence-corrected chi connectivity index (χ2v) is 19.2. The molecular weight excluding hydrogens is 1020 g/mol. The van der Waals surface area contributed by atoms with Gasteiger partial charge < -0.3 is 36.6 Å². The molecule has 7 N–H and O–H groups in total. The van der Waals surface area contributed by atoms with Crippen LogP contribution in [0.2, 0.25) is 0 Å². The van der Waals surface area contributed by atoms with Crippen molar-refractivity contribution in [3.05, 3.63) is 221 Å². The largest absolute Gasteiger partial charge is 0.490 e. The Balaban J connectivity index is 0.00000121. The molecule has 0 radical (unpaired) electrons. The molecule has 0 saturated carbocycles. The summed E-state index contributed by atoms with van der Waals surface area (Å²) >= 11 is 0. The molecule has 3 heterocycles. The number of unbranched alkanes of at least 4 members (excludes halogenated alkanes) is 4. The Labute approximate surface area is 454 Å². The van der Waals surface area contributed by atoms with Gasteiger partial charge in [-0.1, -0.05) is 116 Å². The van der Waals surface area contributed by atoms with E-state index in [4.69, 9.17) is 20.6 Å². The molecule has 0 aliphatic carbocycles. The van der Waals surface area contributed by atoms with E-state index in [2.05, 4.69) is 15.6 Å². The Morgan fingerprint density at radius 1 is 0.658 bits per heavy atom. The van der Waals surface area contributed by atoms with Gasteiger partial charge in [0.1, 0.15) is 17.5 Å². The van der Waals surface area contributed by atoms with Crippen molar-refractivity contribution < 1.29 is 56.4 Å². The van der Waals surface area contributed by atoms with Crippen LogP contribution in [-0.2, 0) is 25.7 Å². The van der Waals surface area contributed by atoms with Crippen molar-refractivity contribution in [3.63, 3.8) is 0 Å². The van der Waals surface area contributed by atoms with E-state index in [-0.39, 0.29) is 23.8 Å². The molecule has 0 bridgehead atoms. The van der Waals surface area contributed by atoms with E-state index in [0.717, 1.165) is 41.5 Å². The number of rotatable bonds is 23. The van der Waals surface area contributed by atoms with Gasteiger partial charge in [0.25, 0.3) is 0 Å². The van der Waals surface area contributed by atoms with Crippen LogP contribution >= 0.6 is 0 Å². The van der Waals surface area contributed by atoms with Crippen LogP contribution in [0.25, 0.3) is 0 Å². The number of pyridine rings is 2. The quantitative estimate of drug-likeness (QED) is 0.0203. The number of hydrogen-bond donors (Lipinski definition) is 6. The number of aliphatic carboxylic acids is 1. The van der Waals surface area contributed by atoms with E-state index in [0.29, 0.717) is 79.1 Å². The summed E-state index contributed by atoms with van der Waals surface area (Å²) in [5.74, 6) is -5.10. The molecule has 2 aromatic heterocycles. The monoisotopic (exact) mass is 1080 g/mol. The van der Waals surface area contributed by atoms with Crippen LogP contribution in [-0.4, -0.2) is 55.2 Å². The SMILES string of the molecule is Nc1ncccc1C(c1ccccc1NC(=O)CCCCCCCC(=O)NCc1ccc(C2C(CCC(O)c3ccc(F)cc3)C(=O)N2c2ccc(F)cc2)cc1)C(c1ccccn1)C(O)c1ccccc1.O=C(O)C(F)(F)F. The van der Waals surface area contributed by atoms with Gasteiger partial charge in [-0.15, -0.1) is 0 Å². The lowest BCUT2D eigenvalue weighted by Crippen LogP contribution is -2.55. The van der Waals surface area contributed by atoms with Crippen LogP contribution in [0.4, 0.5) is 39.1 Å². The molecule has 6 unspecified atom stereocenters. The van der Waals surface area contributed by atoms with E-state index >= 15 is 0 Å². The molecule has 79 heavy (non-hydrogen) atoms. The van der Waals surface area contributed by atoms with Gasteiger partial charge in [-0.3, -0.25) is 19.4 Å². The molecule has 1 aliphatic rings. The number of aliphatic hydroxyl groups is 2. The second-order valence-electron chi connectivity index (χ2n) is 19.2. The average Bonchev–Trinajstić information content (AvgIpc) is 3.65. The Kier molecular flexibility index (Phi) is 20.5. The molecule has 0 spiro atoms. The number of nitrogens with one attached hydrogen (secondary N) is 2. The maximum absolute atomic E-state index is 13.8. The smallest absolute Gasteiger partial charge is 0.475 e. The van der Waals surface area contributed by atoms with Crippen LogP contribution in [0, 0.1) is 17.6 Å². The van der Waals surface area contributed by atoms with Gasteiger partial charge in [0.05, 0.1) is 24.2 Å². The first-order valence-corrected chi connectivity index (χ1v) is 25.9. The summed E-state index contributed by atoms with van der Waals surface area (Å²) in [7, 11) is 0. The van der Waals surface area contributed by atoms with E-state index in [1.807, 2.05) is 109 Å². The maximum atomic E-state index is 13.8. The first-order valence-electron chi connectivity index (χ1n) is 25.9. The molecule has 8 rings (SSSR count). The number of β-lactam (4-membered cyclic amide) rings is 1. The van der Waals surface area contributed by atoms with Gasteiger partial charge in [0, 0.05) is 66.2 Å². The number of amides is 3. The zero-order chi connectivity index (χ0) is 56.5. The van der Waals surface area contributed by atoms with E-state index in [9.17, 15) is 46.5 Å². The molecule has 13 nitrogen and oxygen atoms in total. The maximum Gasteiger partial charge on any atom is 0.490 e. The zero-order valence-corrected chi connectivity index (χ0v) is 43.0. The highest BCUT2D eigenvalue weighted by Crippen LogP contribution is 2.49. The highest BCUT2D eigenvalue weighted by molar-refractivity contribution is 6.03. The molecule has 7 aromatic rings. The fourth-order valence-electron chi connectivity index (χ4n) is 9.80. The number of nitrogens with two attached hydrogens (primary N) is 1. The van der Waals surface area contributed by atoms with Gasteiger partial charge in [-0.05, 0) is 114 Å². The number of benzene rings is 5. The van der Waals surface area contributed by atoms with Crippen LogP contribution < -0.4 is 21.3 Å². The first-order chi connectivity index (χ1) is 38.0. The highest BCUT2D eigenvalue weighted by Gasteiger charge is 2.48. The zero-order valence-electron chi connectivity index (χ0n) is 43.0. The minimum absolute atomic E-state index is 0.0584. The number of carboxylic acids is 1. The number of carbonyl (C=O) groups excluding carboxylic acids is 3. The molecule has 3 amide bonds. The van der Waals surface area contributed by atoms with Crippen molar-refractivity contribution in [3.8, 4) is 0 Å². The average molecular weight is 1090 g/mol. The number of aliphatic hydroxyl groups excluding tert-OH is 2. The second kappa shape index (κ2) is 27.8. The summed E-state index contributed by atoms with van der Waals surface area (Å²) in [4.78, 5) is 59.6. The number of carboxylic acid groups (broad SMARTS) is 1. The van der Waals surface area contributed by atoms with Crippen LogP contribution in [0.1, 0.15) is 127 Å². The lowest BCUT2D eigenvalue weighted by molar-refractivity contribution is -0.192. The first kappa shape index (κ1) is 58.3. The Morgan fingerprint density at radius 3 is 1.87 bits per heavy atom. The molecule has 6 atom stereocenters. The number of nitrogen functional groups attached to an aromatic ring is 1. The summed E-state index contributed by atoms with van der Waals surface area (Å²) in [5, 5.41) is 36.2. The van der Waals surface area contributed by atoms with Gasteiger partial charge in [0.2, 0.25) is 17.7 Å². The van der Waals surface area contributed by atoms with Gasteiger partial charge in [-0.2, -0.15) is 13.2 Å². The summed E-state index contributed by atoms with van der Waals surface area (Å²) in [6.07, 6.45) is 1.72. The molecule has 1 fully saturated rings. The number of para-hydroxylation sites is 1. The predicted molar refractivity (Wildman–Crippen MR) is 289 cm³/mol. The number of aromatic nitrogens is 2. The number of nitrogens with zero attached hydrogens (tertiary/aromatic N) is 3. The summed E-state index contributed by atoms with van der Waals surface area (Å²) in [6.45, 7) is 0.337. The Hall–Kier alpha value is -8.35. The summed E-state index contributed by atoms with van der Waals surface area (Å²) < 4.78 is 59.0. The van der Waals surface area contributed by atoms with Crippen LogP contribution in [0.5, 0.6) is 0 Å². The number of hydrogen-bond acceptors (Lipinski definition) is 9. The summed E-state index contributed by atoms with van der Waals surface area (Å²) in [6, 6.07) is 45.2. The van der Waals surface area contributed by atoms with E-state index in [1.165, 1.54) is 36.4 Å². The van der Waals surface area contributed by atoms with Crippen LogP contribution in [0.15, 0.2) is 170 Å². The van der Waals surface area contributed by atoms with Crippen molar-refractivity contribution in [2.75, 3.05) is 16.0 Å². The van der Waals surface area contributed by atoms with Gasteiger partial charge in [0.15, 0.2) is 0 Å². The number of alkyl halides is 3. The van der Waals surface area contributed by atoms with E-state index in [1.54, 1.807) is 29.4 Å². The van der Waals surface area contributed by atoms with Crippen molar-refractivity contribution >= 4 is 40.9 Å². The Morgan fingerprint density at radius 2 is 1.24 bits per heavy atom. The minimum Gasteiger partial charge on any atom is -0.475 e. The fourth-order valence-corrected chi connectivity index (χ4v) is 9.80. The normalized spacial score (nSPS) is 15.6. The van der Waals surface area contributed by atoms with Gasteiger partial charge >= 0.3 is 12.1 Å². The number of carbonyl (C=O) groups is 4. The fraction of sp³-hybridized carbons (Fsp3) is 0.279. The van der Waals surface area contributed by atoms with Crippen molar-refractivity contribution in [1.82, 2.24) is 15.3 Å². The third-order valence-corrected chi connectivity index (χ3v) is 13.8. The molecular formula is C61H61F5N6O7. The van der Waals surface area contributed by atoms with Crippen molar-refractivity contribution in [2.45, 2.75) is 101 Å².